The highest BCUT2D eigenvalue weighted by atomic mass is 16.6. The van der Waals surface area contributed by atoms with E-state index in [9.17, 15) is 9.90 Å². The highest BCUT2D eigenvalue weighted by Gasteiger charge is 2.35. The number of rotatable bonds is 3. The molecule has 3 aliphatic rings. The third-order valence-electron chi connectivity index (χ3n) is 5.71. The highest BCUT2D eigenvalue weighted by molar-refractivity contribution is 5.87. The number of hydrogen-bond donors (Lipinski definition) is 3. The number of pyridine rings is 1. The van der Waals surface area contributed by atoms with E-state index in [4.69, 9.17) is 4.74 Å². The van der Waals surface area contributed by atoms with Gasteiger partial charge in [0.05, 0.1) is 17.3 Å². The number of fused-ring (bicyclic) bond motifs is 4. The summed E-state index contributed by atoms with van der Waals surface area (Å²) in [5, 5.41) is 20.0. The monoisotopic (exact) mass is 379 g/mol. The van der Waals surface area contributed by atoms with Gasteiger partial charge in [0.1, 0.15) is 11.5 Å². The van der Waals surface area contributed by atoms with Gasteiger partial charge in [0.15, 0.2) is 5.65 Å². The molecule has 3 aliphatic heterocycles. The molecule has 3 N–H and O–H groups in total. The maximum absolute atomic E-state index is 12.6. The van der Waals surface area contributed by atoms with Crippen LogP contribution in [0.4, 0.5) is 4.79 Å². The fourth-order valence-electron chi connectivity index (χ4n) is 4.17. The van der Waals surface area contributed by atoms with Crippen molar-refractivity contribution in [3.8, 4) is 22.8 Å². The largest absolute Gasteiger partial charge is 0.508 e. The number of aromatic amines is 1. The molecule has 144 valence electrons. The molecule has 3 saturated heterocycles. The van der Waals surface area contributed by atoms with Crippen molar-refractivity contribution in [2.75, 3.05) is 19.6 Å². The predicted molar refractivity (Wildman–Crippen MR) is 103 cm³/mol. The molecule has 1 atom stereocenters. The van der Waals surface area contributed by atoms with Crippen molar-refractivity contribution in [3.63, 3.8) is 0 Å². The Balaban J connectivity index is 1.39. The number of aromatic nitrogens is 3. The van der Waals surface area contributed by atoms with Gasteiger partial charge in [0.25, 0.3) is 0 Å². The Morgan fingerprint density at radius 3 is 2.75 bits per heavy atom. The quantitative estimate of drug-likeness (QED) is 0.646. The average Bonchev–Trinajstić information content (AvgIpc) is 3.18. The van der Waals surface area contributed by atoms with Gasteiger partial charge in [0, 0.05) is 24.2 Å². The number of phenols is 1. The van der Waals surface area contributed by atoms with Crippen LogP contribution in [0.25, 0.3) is 22.3 Å². The standard InChI is InChI=1S/C20H21N5O3/c26-14-3-1-12(2-4-14)16-9-18(15-10-21-24-19(15)22-16)28-20(27)23-17-11-25-7-5-13(17)6-8-25/h1-4,9-10,13,17,26H,5-8,11H2,(H,23,27)(H,21,22,24)/t17-/m1/s1. The van der Waals surface area contributed by atoms with Crippen molar-refractivity contribution in [1.29, 1.82) is 0 Å². The van der Waals surface area contributed by atoms with Gasteiger partial charge in [-0.25, -0.2) is 9.78 Å². The molecule has 28 heavy (non-hydrogen) atoms. The van der Waals surface area contributed by atoms with Crippen molar-refractivity contribution < 1.29 is 14.6 Å². The Morgan fingerprint density at radius 1 is 1.25 bits per heavy atom. The summed E-state index contributed by atoms with van der Waals surface area (Å²) in [4.78, 5) is 19.5. The summed E-state index contributed by atoms with van der Waals surface area (Å²) in [6, 6.07) is 8.56. The number of carbonyl (C=O) groups excluding carboxylic acids is 1. The lowest BCUT2D eigenvalue weighted by molar-refractivity contribution is 0.0725. The number of nitrogens with one attached hydrogen (secondary N) is 2. The van der Waals surface area contributed by atoms with E-state index in [2.05, 4.69) is 25.4 Å². The number of amides is 1. The second-order valence-corrected chi connectivity index (χ2v) is 7.46. The number of carbonyl (C=O) groups is 1. The van der Waals surface area contributed by atoms with Crippen molar-refractivity contribution in [2.45, 2.75) is 18.9 Å². The highest BCUT2D eigenvalue weighted by Crippen LogP contribution is 2.31. The Hall–Kier alpha value is -3.13. The van der Waals surface area contributed by atoms with Crippen LogP contribution in [0.5, 0.6) is 11.5 Å². The van der Waals surface area contributed by atoms with Gasteiger partial charge in [-0.1, -0.05) is 0 Å². The number of phenolic OH excluding ortho intramolecular Hbond substituents is 1. The molecule has 3 aromatic rings. The lowest BCUT2D eigenvalue weighted by Crippen LogP contribution is -2.57. The van der Waals surface area contributed by atoms with E-state index in [1.54, 1.807) is 36.5 Å². The Morgan fingerprint density at radius 2 is 2.04 bits per heavy atom. The van der Waals surface area contributed by atoms with Crippen LogP contribution in [0, 0.1) is 5.92 Å². The van der Waals surface area contributed by atoms with Crippen LogP contribution >= 0.6 is 0 Å². The molecule has 5 heterocycles. The SMILES string of the molecule is O=C(N[C@@H]1CN2CCC1CC2)Oc1cc(-c2ccc(O)cc2)nc2[nH]ncc12. The molecular weight excluding hydrogens is 358 g/mol. The number of piperidine rings is 3. The zero-order valence-corrected chi connectivity index (χ0v) is 15.3. The molecule has 0 unspecified atom stereocenters. The number of hydrogen-bond acceptors (Lipinski definition) is 6. The van der Waals surface area contributed by atoms with Crippen molar-refractivity contribution in [1.82, 2.24) is 25.4 Å². The molecule has 1 amide bonds. The summed E-state index contributed by atoms with van der Waals surface area (Å²) < 4.78 is 5.66. The lowest BCUT2D eigenvalue weighted by atomic mass is 9.84. The lowest BCUT2D eigenvalue weighted by Gasteiger charge is -2.44. The van der Waals surface area contributed by atoms with Crippen LogP contribution in [-0.2, 0) is 0 Å². The van der Waals surface area contributed by atoms with Gasteiger partial charge in [-0.3, -0.25) is 5.10 Å². The minimum absolute atomic E-state index is 0.133. The van der Waals surface area contributed by atoms with E-state index in [0.29, 0.717) is 28.4 Å². The zero-order chi connectivity index (χ0) is 19.1. The normalized spacial score (nSPS) is 23.6. The van der Waals surface area contributed by atoms with E-state index >= 15 is 0 Å². The number of aromatic hydroxyl groups is 1. The van der Waals surface area contributed by atoms with Gasteiger partial charge in [0.2, 0.25) is 0 Å². The topological polar surface area (TPSA) is 103 Å². The van der Waals surface area contributed by atoms with E-state index < -0.39 is 6.09 Å². The Labute approximate surface area is 161 Å². The third kappa shape index (κ3) is 3.16. The Bertz CT molecular complexity index is 1010. The first kappa shape index (κ1) is 17.0. The molecule has 0 saturated carbocycles. The summed E-state index contributed by atoms with van der Waals surface area (Å²) in [6.45, 7) is 3.12. The molecule has 2 aromatic heterocycles. The molecule has 2 bridgehead atoms. The maximum atomic E-state index is 12.6. The molecule has 3 fully saturated rings. The molecule has 6 rings (SSSR count). The first-order valence-electron chi connectivity index (χ1n) is 9.50. The zero-order valence-electron chi connectivity index (χ0n) is 15.3. The van der Waals surface area contributed by atoms with E-state index in [-0.39, 0.29) is 11.8 Å². The minimum Gasteiger partial charge on any atom is -0.508 e. The minimum atomic E-state index is -0.455. The van der Waals surface area contributed by atoms with E-state index in [0.717, 1.165) is 38.0 Å². The molecule has 0 aliphatic carbocycles. The summed E-state index contributed by atoms with van der Waals surface area (Å²) in [7, 11) is 0. The fourth-order valence-corrected chi connectivity index (χ4v) is 4.17. The maximum Gasteiger partial charge on any atom is 0.412 e. The van der Waals surface area contributed by atoms with Gasteiger partial charge >= 0.3 is 6.09 Å². The van der Waals surface area contributed by atoms with Crippen molar-refractivity contribution in [2.24, 2.45) is 5.92 Å². The average molecular weight is 379 g/mol. The smallest absolute Gasteiger partial charge is 0.412 e. The molecular formula is C20H21N5O3. The van der Waals surface area contributed by atoms with Crippen LogP contribution in [0.2, 0.25) is 0 Å². The predicted octanol–water partition coefficient (Wildman–Crippen LogP) is 2.51. The summed E-state index contributed by atoms with van der Waals surface area (Å²) in [6.07, 6.45) is 3.39. The van der Waals surface area contributed by atoms with Crippen molar-refractivity contribution in [3.05, 3.63) is 36.5 Å². The molecule has 0 spiro atoms. The number of nitrogens with zero attached hydrogens (tertiary/aromatic N) is 3. The fraction of sp³-hybridized carbons (Fsp3) is 0.350. The second kappa shape index (κ2) is 6.79. The van der Waals surface area contributed by atoms with Gasteiger partial charge < -0.3 is 20.1 Å². The Kier molecular flexibility index (Phi) is 4.12. The van der Waals surface area contributed by atoms with Crippen LogP contribution in [0.15, 0.2) is 36.5 Å². The first-order chi connectivity index (χ1) is 13.7. The van der Waals surface area contributed by atoms with E-state index in [1.807, 2.05) is 0 Å². The first-order valence-corrected chi connectivity index (χ1v) is 9.50. The molecule has 8 nitrogen and oxygen atoms in total. The number of ether oxygens (including phenoxy) is 1. The van der Waals surface area contributed by atoms with E-state index in [1.165, 1.54) is 0 Å². The van der Waals surface area contributed by atoms with Gasteiger partial charge in [-0.05, 0) is 56.1 Å². The van der Waals surface area contributed by atoms with Crippen LogP contribution in [0.1, 0.15) is 12.8 Å². The number of H-pyrrole nitrogens is 1. The van der Waals surface area contributed by atoms with Gasteiger partial charge in [-0.15, -0.1) is 0 Å². The number of benzene rings is 1. The molecule has 8 heteroatoms. The summed E-state index contributed by atoms with van der Waals surface area (Å²) >= 11 is 0. The van der Waals surface area contributed by atoms with Crippen molar-refractivity contribution >= 4 is 17.1 Å². The third-order valence-corrected chi connectivity index (χ3v) is 5.71. The molecule has 0 radical (unpaired) electrons. The van der Waals surface area contributed by atoms with Crippen LogP contribution in [-0.4, -0.2) is 57.0 Å². The second-order valence-electron chi connectivity index (χ2n) is 7.46. The van der Waals surface area contributed by atoms with Crippen LogP contribution < -0.4 is 10.1 Å². The van der Waals surface area contributed by atoms with Crippen LogP contribution in [0.3, 0.4) is 0 Å². The van der Waals surface area contributed by atoms with Gasteiger partial charge in [-0.2, -0.15) is 5.10 Å². The molecule has 1 aromatic carbocycles. The summed E-state index contributed by atoms with van der Waals surface area (Å²) in [5.74, 6) is 1.11. The summed E-state index contributed by atoms with van der Waals surface area (Å²) in [5.41, 5.74) is 1.97.